The van der Waals surface area contributed by atoms with Crippen LogP contribution in [0.25, 0.3) is 0 Å². The Morgan fingerprint density at radius 1 is 0.704 bits per heavy atom. The number of unbranched alkanes of at least 4 members (excludes halogenated alkanes) is 1. The summed E-state index contributed by atoms with van der Waals surface area (Å²) in [5, 5.41) is 18.5. The highest BCUT2D eigenvalue weighted by atomic mass is 16.5. The van der Waals surface area contributed by atoms with Gasteiger partial charge in [-0.25, -0.2) is 0 Å². The molecule has 0 aliphatic heterocycles. The highest BCUT2D eigenvalue weighted by Gasteiger charge is 2.37. The normalized spacial score (nSPS) is 28.3. The van der Waals surface area contributed by atoms with Gasteiger partial charge in [-0.05, 0) is 38.5 Å². The van der Waals surface area contributed by atoms with Gasteiger partial charge in [-0.3, -0.25) is 19.2 Å². The first-order chi connectivity index (χ1) is 12.9. The zero-order chi connectivity index (χ0) is 19.8. The maximum Gasteiger partial charge on any atom is 0.309 e. The Morgan fingerprint density at radius 3 is 1.74 bits per heavy atom. The Kier molecular flexibility index (Phi) is 8.25. The third-order valence-corrected chi connectivity index (χ3v) is 5.94. The van der Waals surface area contributed by atoms with Crippen molar-refractivity contribution in [2.45, 2.75) is 70.6 Å². The predicted molar refractivity (Wildman–Crippen MR) is 96.0 cm³/mol. The van der Waals surface area contributed by atoms with Crippen LogP contribution in [0.3, 0.4) is 0 Å². The summed E-state index contributed by atoms with van der Waals surface area (Å²) in [7, 11) is 0. The van der Waals surface area contributed by atoms with E-state index in [2.05, 4.69) is 0 Å². The van der Waals surface area contributed by atoms with Crippen LogP contribution in [0.5, 0.6) is 0 Å². The molecule has 0 unspecified atom stereocenters. The van der Waals surface area contributed by atoms with Crippen molar-refractivity contribution >= 4 is 23.7 Å². The van der Waals surface area contributed by atoms with Crippen molar-refractivity contribution in [1.29, 1.82) is 0 Å². The molecule has 0 heterocycles. The molecule has 0 spiro atoms. The van der Waals surface area contributed by atoms with Crippen LogP contribution in [-0.2, 0) is 23.9 Å². The number of carboxylic acids is 2. The van der Waals surface area contributed by atoms with Crippen molar-refractivity contribution in [1.82, 2.24) is 0 Å². The second-order valence-corrected chi connectivity index (χ2v) is 7.76. The number of Topliss-reactive ketones (excluding diaryl/α,β-unsaturated/α-hetero) is 1. The maximum absolute atomic E-state index is 12.3. The molecule has 0 radical (unpaired) electrons. The lowest BCUT2D eigenvalue weighted by atomic mass is 9.76. The van der Waals surface area contributed by atoms with Crippen LogP contribution in [0, 0.1) is 23.7 Å². The number of carbonyl (C=O) groups is 4. The van der Waals surface area contributed by atoms with Crippen molar-refractivity contribution in [3.8, 4) is 0 Å². The van der Waals surface area contributed by atoms with Crippen LogP contribution in [0.1, 0.15) is 70.6 Å². The number of rotatable bonds is 9. The van der Waals surface area contributed by atoms with Crippen LogP contribution >= 0.6 is 0 Å². The molecule has 7 heteroatoms. The number of ketones is 1. The molecule has 2 aliphatic rings. The highest BCUT2D eigenvalue weighted by Crippen LogP contribution is 2.33. The first-order valence-corrected chi connectivity index (χ1v) is 10.1. The zero-order valence-corrected chi connectivity index (χ0v) is 15.7. The first kappa shape index (κ1) is 21.4. The quantitative estimate of drug-likeness (QED) is 0.465. The van der Waals surface area contributed by atoms with Gasteiger partial charge in [0.1, 0.15) is 5.78 Å². The summed E-state index contributed by atoms with van der Waals surface area (Å²) >= 11 is 0. The molecule has 4 atom stereocenters. The molecule has 7 nitrogen and oxygen atoms in total. The van der Waals surface area contributed by atoms with E-state index in [1.165, 1.54) is 0 Å². The number of hydrogen-bond acceptors (Lipinski definition) is 5. The summed E-state index contributed by atoms with van der Waals surface area (Å²) in [6.45, 7) is 0.169. The van der Waals surface area contributed by atoms with Gasteiger partial charge in [0.05, 0.1) is 24.4 Å². The lowest BCUT2D eigenvalue weighted by molar-refractivity contribution is -0.159. The van der Waals surface area contributed by atoms with E-state index in [1.807, 2.05) is 0 Å². The average Bonchev–Trinajstić information content (AvgIpc) is 2.67. The third kappa shape index (κ3) is 6.04. The van der Waals surface area contributed by atoms with Crippen molar-refractivity contribution in [2.75, 3.05) is 6.61 Å². The van der Waals surface area contributed by atoms with Crippen LogP contribution in [0.2, 0.25) is 0 Å². The number of carbonyl (C=O) groups excluding carboxylic acids is 2. The minimum absolute atomic E-state index is 0.00773. The number of carboxylic acid groups (broad SMARTS) is 2. The second-order valence-electron chi connectivity index (χ2n) is 7.76. The molecule has 2 N–H and O–H groups in total. The Hall–Kier alpha value is -1.92. The van der Waals surface area contributed by atoms with Gasteiger partial charge in [0.25, 0.3) is 0 Å². The first-order valence-electron chi connectivity index (χ1n) is 10.1. The fourth-order valence-corrected chi connectivity index (χ4v) is 4.39. The molecule has 27 heavy (non-hydrogen) atoms. The zero-order valence-electron chi connectivity index (χ0n) is 15.7. The lowest BCUT2D eigenvalue weighted by Gasteiger charge is -2.27. The van der Waals surface area contributed by atoms with Crippen molar-refractivity contribution < 1.29 is 34.1 Å². The maximum atomic E-state index is 12.3. The monoisotopic (exact) mass is 382 g/mol. The minimum Gasteiger partial charge on any atom is -0.481 e. The molecule has 2 rings (SSSR count). The molecule has 0 bridgehead atoms. The predicted octanol–water partition coefficient (Wildman–Crippen LogP) is 3.05. The topological polar surface area (TPSA) is 118 Å². The molecule has 0 amide bonds. The summed E-state index contributed by atoms with van der Waals surface area (Å²) in [6, 6.07) is 0. The number of esters is 1. The average molecular weight is 382 g/mol. The molecule has 0 aromatic rings. The van der Waals surface area contributed by atoms with E-state index in [-0.39, 0.29) is 12.4 Å². The van der Waals surface area contributed by atoms with E-state index >= 15 is 0 Å². The second kappa shape index (κ2) is 10.4. The Bertz CT molecular complexity index is 509. The number of hydrogen-bond donors (Lipinski definition) is 2. The van der Waals surface area contributed by atoms with Gasteiger partial charge in [0.2, 0.25) is 0 Å². The van der Waals surface area contributed by atoms with Gasteiger partial charge < -0.3 is 14.9 Å². The van der Waals surface area contributed by atoms with Gasteiger partial charge in [-0.15, -0.1) is 0 Å². The molecular formula is C20H30O7. The van der Waals surface area contributed by atoms with Gasteiger partial charge in [0.15, 0.2) is 0 Å². The number of ether oxygens (including phenoxy) is 1. The highest BCUT2D eigenvalue weighted by molar-refractivity contribution is 5.86. The molecule has 0 aromatic carbocycles. The summed E-state index contributed by atoms with van der Waals surface area (Å²) in [6.07, 6.45) is 7.03. The van der Waals surface area contributed by atoms with Crippen molar-refractivity contribution in [3.63, 3.8) is 0 Å². The molecule has 2 fully saturated rings. The fraction of sp³-hybridized carbons (Fsp3) is 0.800. The molecule has 152 valence electrons. The van der Waals surface area contributed by atoms with E-state index in [0.29, 0.717) is 44.9 Å². The van der Waals surface area contributed by atoms with Crippen molar-refractivity contribution in [2.24, 2.45) is 23.7 Å². The van der Waals surface area contributed by atoms with Gasteiger partial charge in [-0.2, -0.15) is 0 Å². The van der Waals surface area contributed by atoms with Gasteiger partial charge in [0, 0.05) is 12.3 Å². The molecule has 0 saturated heterocycles. The summed E-state index contributed by atoms with van der Waals surface area (Å²) in [4.78, 5) is 47.0. The fourth-order valence-electron chi connectivity index (χ4n) is 4.39. The molecule has 2 saturated carbocycles. The largest absolute Gasteiger partial charge is 0.481 e. The van der Waals surface area contributed by atoms with Crippen LogP contribution < -0.4 is 0 Å². The lowest BCUT2D eigenvalue weighted by Crippen LogP contribution is -2.34. The SMILES string of the molecule is O=C(O)[C@H]1CCCC[C@H]1C(=O)OCCCCC(=O)[C@H]1CCCC[C@H]1C(=O)O. The van der Waals surface area contributed by atoms with Crippen molar-refractivity contribution in [3.05, 3.63) is 0 Å². The van der Waals surface area contributed by atoms with E-state index in [1.54, 1.807) is 0 Å². The van der Waals surface area contributed by atoms with E-state index in [9.17, 15) is 29.4 Å². The minimum atomic E-state index is -0.942. The number of aliphatic carboxylic acids is 2. The molecular weight excluding hydrogens is 352 g/mol. The summed E-state index contributed by atoms with van der Waals surface area (Å²) < 4.78 is 5.24. The van der Waals surface area contributed by atoms with E-state index in [0.717, 1.165) is 25.7 Å². The standard InChI is InChI=1S/C20H30O7/c21-17(13-7-1-2-8-14(13)18(22)23)11-5-6-12-27-20(26)16-10-4-3-9-15(16)19(24)25/h13-16H,1-12H2,(H,22,23)(H,24,25)/t13-,14+,15-,16+/m0/s1. The van der Waals surface area contributed by atoms with E-state index < -0.39 is 41.6 Å². The summed E-state index contributed by atoms with van der Waals surface area (Å²) in [5.74, 6) is -4.48. The summed E-state index contributed by atoms with van der Waals surface area (Å²) in [5.41, 5.74) is 0. The molecule has 0 aromatic heterocycles. The Balaban J connectivity index is 1.69. The van der Waals surface area contributed by atoms with Crippen LogP contribution in [0.15, 0.2) is 0 Å². The van der Waals surface area contributed by atoms with E-state index in [4.69, 9.17) is 4.74 Å². The van der Waals surface area contributed by atoms with Crippen LogP contribution in [-0.4, -0.2) is 40.5 Å². The Labute approximate surface area is 159 Å². The third-order valence-electron chi connectivity index (χ3n) is 5.94. The van der Waals surface area contributed by atoms with Crippen LogP contribution in [0.4, 0.5) is 0 Å². The van der Waals surface area contributed by atoms with Gasteiger partial charge >= 0.3 is 17.9 Å². The smallest absolute Gasteiger partial charge is 0.309 e. The van der Waals surface area contributed by atoms with Gasteiger partial charge in [-0.1, -0.05) is 25.7 Å². The molecule has 2 aliphatic carbocycles. The Morgan fingerprint density at radius 2 is 1.19 bits per heavy atom.